The molecule has 0 saturated carbocycles. The average molecular weight is 493 g/mol. The van der Waals surface area contributed by atoms with Gasteiger partial charge in [-0.25, -0.2) is 8.42 Å². The fourth-order valence-electron chi connectivity index (χ4n) is 4.21. The van der Waals surface area contributed by atoms with Crippen LogP contribution in [0, 0.1) is 6.92 Å². The molecule has 0 aliphatic carbocycles. The molecule has 7 nitrogen and oxygen atoms in total. The number of rotatable bonds is 9. The lowest BCUT2D eigenvalue weighted by molar-refractivity contribution is -0.115. The number of hydrogen-bond donors (Lipinski definition) is 1. The average Bonchev–Trinajstić information content (AvgIpc) is 2.88. The summed E-state index contributed by atoms with van der Waals surface area (Å²) in [6.45, 7) is 6.54. The number of carbonyl (C=O) groups excluding carboxylic acids is 1. The van der Waals surface area contributed by atoms with Crippen LogP contribution in [0.4, 0.5) is 11.4 Å². The van der Waals surface area contributed by atoms with E-state index in [0.717, 1.165) is 56.1 Å². The molecule has 1 aliphatic heterocycles. The molecule has 3 aromatic rings. The summed E-state index contributed by atoms with van der Waals surface area (Å²) < 4.78 is 25.2. The summed E-state index contributed by atoms with van der Waals surface area (Å²) in [6.07, 6.45) is 4.57. The standard InChI is InChI=1S/C27H32N4O3S/c1-22-6-8-24(9-7-22)35(33,34)21-13-27(32)29-25-4-2-3-5-26(25)31-19-17-30(18-20-31)16-12-23-10-14-28-15-11-23/h2-11,14-15H,12-13,16-21H2,1H3,(H,29,32). The van der Waals surface area contributed by atoms with Crippen molar-refractivity contribution in [3.63, 3.8) is 0 Å². The molecule has 4 rings (SSSR count). The topological polar surface area (TPSA) is 82.6 Å². The van der Waals surface area contributed by atoms with Gasteiger partial charge in [0.05, 0.1) is 22.0 Å². The van der Waals surface area contributed by atoms with Crippen molar-refractivity contribution >= 4 is 27.1 Å². The minimum atomic E-state index is -3.51. The summed E-state index contributed by atoms with van der Waals surface area (Å²) in [6, 6.07) is 18.5. The molecular formula is C27H32N4O3S. The molecule has 0 radical (unpaired) electrons. The minimum absolute atomic E-state index is 0.0900. The van der Waals surface area contributed by atoms with E-state index in [-0.39, 0.29) is 23.0 Å². The van der Waals surface area contributed by atoms with E-state index in [4.69, 9.17) is 0 Å². The number of pyridine rings is 1. The Morgan fingerprint density at radius 3 is 2.34 bits per heavy atom. The van der Waals surface area contributed by atoms with Gasteiger partial charge < -0.3 is 10.2 Å². The van der Waals surface area contributed by atoms with Crippen LogP contribution in [0.3, 0.4) is 0 Å². The van der Waals surface area contributed by atoms with Gasteiger partial charge >= 0.3 is 0 Å². The molecule has 1 aliphatic rings. The Hall–Kier alpha value is -3.23. The molecule has 1 N–H and O–H groups in total. The van der Waals surface area contributed by atoms with Crippen LogP contribution >= 0.6 is 0 Å². The third-order valence-electron chi connectivity index (χ3n) is 6.34. The predicted molar refractivity (Wildman–Crippen MR) is 140 cm³/mol. The Kier molecular flexibility index (Phi) is 8.15. The highest BCUT2D eigenvalue weighted by molar-refractivity contribution is 7.91. The number of para-hydroxylation sites is 2. The van der Waals surface area contributed by atoms with Crippen molar-refractivity contribution in [2.45, 2.75) is 24.7 Å². The lowest BCUT2D eigenvalue weighted by atomic mass is 10.1. The predicted octanol–water partition coefficient (Wildman–Crippen LogP) is 3.56. The maximum Gasteiger partial charge on any atom is 0.225 e. The molecule has 2 heterocycles. The number of piperazine rings is 1. The number of carbonyl (C=O) groups is 1. The third-order valence-corrected chi connectivity index (χ3v) is 8.07. The van der Waals surface area contributed by atoms with Crippen LogP contribution in [0.5, 0.6) is 0 Å². The first-order valence-electron chi connectivity index (χ1n) is 12.0. The maximum absolute atomic E-state index is 12.6. The van der Waals surface area contributed by atoms with Crippen LogP contribution in [0.25, 0.3) is 0 Å². The Bertz CT molecular complexity index is 1220. The van der Waals surface area contributed by atoms with Gasteiger partial charge in [0, 0.05) is 51.5 Å². The highest BCUT2D eigenvalue weighted by atomic mass is 32.2. The molecule has 0 atom stereocenters. The van der Waals surface area contributed by atoms with E-state index in [9.17, 15) is 13.2 Å². The van der Waals surface area contributed by atoms with Gasteiger partial charge in [0.25, 0.3) is 0 Å². The van der Waals surface area contributed by atoms with Crippen molar-refractivity contribution in [2.75, 3.05) is 48.7 Å². The van der Waals surface area contributed by atoms with Gasteiger partial charge in [-0.05, 0) is 55.3 Å². The van der Waals surface area contributed by atoms with Crippen molar-refractivity contribution in [3.8, 4) is 0 Å². The first-order chi connectivity index (χ1) is 16.9. The van der Waals surface area contributed by atoms with Crippen LogP contribution in [0.2, 0.25) is 0 Å². The lowest BCUT2D eigenvalue weighted by Crippen LogP contribution is -2.47. The Balaban J connectivity index is 1.30. The first kappa shape index (κ1) is 24.9. The Labute approximate surface area is 207 Å². The van der Waals surface area contributed by atoms with Gasteiger partial charge in [0.15, 0.2) is 9.84 Å². The zero-order valence-electron chi connectivity index (χ0n) is 20.1. The molecule has 184 valence electrons. The van der Waals surface area contributed by atoms with E-state index < -0.39 is 9.84 Å². The molecule has 1 aromatic heterocycles. The van der Waals surface area contributed by atoms with Crippen LogP contribution in [-0.2, 0) is 21.1 Å². The van der Waals surface area contributed by atoms with Crippen LogP contribution < -0.4 is 10.2 Å². The monoisotopic (exact) mass is 492 g/mol. The zero-order valence-corrected chi connectivity index (χ0v) is 20.9. The number of nitrogens with one attached hydrogen (secondary N) is 1. The Morgan fingerprint density at radius 2 is 1.63 bits per heavy atom. The van der Waals surface area contributed by atoms with Crippen LogP contribution in [-0.4, -0.2) is 62.7 Å². The smallest absolute Gasteiger partial charge is 0.225 e. The van der Waals surface area contributed by atoms with Crippen LogP contribution in [0.1, 0.15) is 17.5 Å². The number of anilines is 2. The highest BCUT2D eigenvalue weighted by Gasteiger charge is 2.21. The second-order valence-corrected chi connectivity index (χ2v) is 11.0. The number of benzene rings is 2. The molecule has 35 heavy (non-hydrogen) atoms. The van der Waals surface area contributed by atoms with Crippen molar-refractivity contribution in [1.82, 2.24) is 9.88 Å². The van der Waals surface area contributed by atoms with Gasteiger partial charge in [0.2, 0.25) is 5.91 Å². The van der Waals surface area contributed by atoms with Crippen molar-refractivity contribution in [2.24, 2.45) is 0 Å². The van der Waals surface area contributed by atoms with Crippen LogP contribution in [0.15, 0.2) is 78.0 Å². The molecule has 8 heteroatoms. The summed E-state index contributed by atoms with van der Waals surface area (Å²) in [5.41, 5.74) is 3.97. The molecule has 0 spiro atoms. The van der Waals surface area contributed by atoms with Gasteiger partial charge in [-0.15, -0.1) is 0 Å². The molecule has 1 fully saturated rings. The number of aromatic nitrogens is 1. The number of sulfone groups is 1. The molecule has 1 amide bonds. The van der Waals surface area contributed by atoms with Gasteiger partial charge in [0.1, 0.15) is 0 Å². The number of aryl methyl sites for hydroxylation is 1. The first-order valence-corrected chi connectivity index (χ1v) is 13.6. The van der Waals surface area contributed by atoms with E-state index in [2.05, 4.69) is 32.2 Å². The van der Waals surface area contributed by atoms with E-state index in [1.807, 2.05) is 43.6 Å². The highest BCUT2D eigenvalue weighted by Crippen LogP contribution is 2.27. The molecule has 0 bridgehead atoms. The fraction of sp³-hybridized carbons (Fsp3) is 0.333. The SMILES string of the molecule is Cc1ccc(S(=O)(=O)CCC(=O)Nc2ccccc2N2CCN(CCc3ccncc3)CC2)cc1. The second-order valence-electron chi connectivity index (χ2n) is 8.88. The number of nitrogens with zero attached hydrogens (tertiary/aromatic N) is 3. The van der Waals surface area contributed by atoms with E-state index in [1.54, 1.807) is 24.3 Å². The minimum Gasteiger partial charge on any atom is -0.367 e. The third kappa shape index (κ3) is 6.90. The van der Waals surface area contributed by atoms with Crippen molar-refractivity contribution in [1.29, 1.82) is 0 Å². The largest absolute Gasteiger partial charge is 0.367 e. The van der Waals surface area contributed by atoms with Gasteiger partial charge in [-0.3, -0.25) is 14.7 Å². The summed E-state index contributed by atoms with van der Waals surface area (Å²) in [7, 11) is -3.51. The van der Waals surface area contributed by atoms with E-state index >= 15 is 0 Å². The molecular weight excluding hydrogens is 460 g/mol. The second kappa shape index (κ2) is 11.5. The quantitative estimate of drug-likeness (QED) is 0.492. The summed E-state index contributed by atoms with van der Waals surface area (Å²) in [4.78, 5) is 21.7. The fourth-order valence-corrected chi connectivity index (χ4v) is 5.45. The molecule has 0 unspecified atom stereocenters. The van der Waals surface area contributed by atoms with Crippen molar-refractivity contribution < 1.29 is 13.2 Å². The normalized spacial score (nSPS) is 14.6. The van der Waals surface area contributed by atoms with E-state index in [0.29, 0.717) is 0 Å². The molecule has 1 saturated heterocycles. The maximum atomic E-state index is 12.6. The van der Waals surface area contributed by atoms with E-state index in [1.165, 1.54) is 5.56 Å². The summed E-state index contributed by atoms with van der Waals surface area (Å²) in [5.74, 6) is -0.524. The number of hydrogen-bond acceptors (Lipinski definition) is 6. The summed E-state index contributed by atoms with van der Waals surface area (Å²) >= 11 is 0. The summed E-state index contributed by atoms with van der Waals surface area (Å²) in [5, 5.41) is 2.93. The lowest BCUT2D eigenvalue weighted by Gasteiger charge is -2.37. The van der Waals surface area contributed by atoms with Gasteiger partial charge in [-0.1, -0.05) is 29.8 Å². The molecule has 2 aromatic carbocycles. The van der Waals surface area contributed by atoms with Gasteiger partial charge in [-0.2, -0.15) is 0 Å². The van der Waals surface area contributed by atoms with Crippen molar-refractivity contribution in [3.05, 3.63) is 84.2 Å². The number of amides is 1. The Morgan fingerprint density at radius 1 is 0.943 bits per heavy atom. The zero-order chi connectivity index (χ0) is 24.7.